The van der Waals surface area contributed by atoms with Crippen LogP contribution < -0.4 is 21.9 Å². The molecule has 7 heteroatoms. The van der Waals surface area contributed by atoms with Crippen molar-refractivity contribution < 1.29 is 4.79 Å². The summed E-state index contributed by atoms with van der Waals surface area (Å²) in [4.78, 5) is 24.9. The number of nitrogens with zero attached hydrogens (tertiary/aromatic N) is 3. The summed E-state index contributed by atoms with van der Waals surface area (Å²) in [6, 6.07) is 0.722. The number of anilines is 1. The second-order valence-corrected chi connectivity index (χ2v) is 4.03. The van der Waals surface area contributed by atoms with Crippen molar-refractivity contribution in [3.8, 4) is 0 Å². The second-order valence-electron chi connectivity index (χ2n) is 4.03. The topological polar surface area (TPSA) is 107 Å². The maximum absolute atomic E-state index is 11.9. The molecule has 0 aliphatic heterocycles. The molecule has 1 unspecified atom stereocenters. The average molecular weight is 253 g/mol. The minimum Gasteiger partial charge on any atom is -0.372 e. The third-order valence-corrected chi connectivity index (χ3v) is 2.73. The predicted molar refractivity (Wildman–Crippen MR) is 69.3 cm³/mol. The van der Waals surface area contributed by atoms with Crippen LogP contribution in [0.4, 0.5) is 5.69 Å². The van der Waals surface area contributed by atoms with Gasteiger partial charge in [0.25, 0.3) is 5.56 Å². The molecule has 0 radical (unpaired) electrons. The first-order valence-electron chi connectivity index (χ1n) is 5.80. The summed E-state index contributed by atoms with van der Waals surface area (Å²) in [6.07, 6.45) is 1.96. The Kier molecular flexibility index (Phi) is 4.85. The van der Waals surface area contributed by atoms with Crippen LogP contribution in [-0.2, 0) is 4.79 Å². The van der Waals surface area contributed by atoms with Crippen LogP contribution in [0, 0.1) is 0 Å². The minimum atomic E-state index is -0.702. The molecule has 0 aromatic carbocycles. The van der Waals surface area contributed by atoms with E-state index in [4.69, 9.17) is 11.5 Å². The second kappa shape index (κ2) is 6.15. The van der Waals surface area contributed by atoms with E-state index in [-0.39, 0.29) is 5.56 Å². The van der Waals surface area contributed by atoms with Gasteiger partial charge in [-0.25, -0.2) is 4.68 Å². The van der Waals surface area contributed by atoms with Gasteiger partial charge in [0.05, 0.1) is 11.9 Å². The van der Waals surface area contributed by atoms with Crippen LogP contribution in [0.15, 0.2) is 17.1 Å². The molecule has 1 aromatic heterocycles. The van der Waals surface area contributed by atoms with Gasteiger partial charge < -0.3 is 16.4 Å². The van der Waals surface area contributed by atoms with Crippen molar-refractivity contribution in [2.45, 2.75) is 19.4 Å². The maximum atomic E-state index is 11.9. The van der Waals surface area contributed by atoms with Crippen molar-refractivity contribution in [2.24, 2.45) is 11.5 Å². The number of aromatic nitrogens is 2. The average Bonchev–Trinajstić information content (AvgIpc) is 2.31. The monoisotopic (exact) mass is 253 g/mol. The number of carbonyl (C=O) groups is 1. The number of hydrogen-bond donors (Lipinski definition) is 2. The predicted octanol–water partition coefficient (Wildman–Crippen LogP) is -0.925. The maximum Gasteiger partial charge on any atom is 0.269 e. The molecule has 0 aliphatic carbocycles. The Hall–Kier alpha value is -1.89. The molecule has 1 rings (SSSR count). The molecule has 0 saturated heterocycles. The fraction of sp³-hybridized carbons (Fsp3) is 0.545. The first-order chi connectivity index (χ1) is 8.51. The number of hydrogen-bond acceptors (Lipinski definition) is 5. The molecule has 0 aliphatic rings. The van der Waals surface area contributed by atoms with Crippen molar-refractivity contribution in [2.75, 3.05) is 25.0 Å². The van der Waals surface area contributed by atoms with Gasteiger partial charge in [0, 0.05) is 26.2 Å². The molecule has 18 heavy (non-hydrogen) atoms. The first-order valence-corrected chi connectivity index (χ1v) is 5.80. The van der Waals surface area contributed by atoms with Gasteiger partial charge in [-0.2, -0.15) is 5.10 Å². The lowest BCUT2D eigenvalue weighted by atomic mass is 10.2. The van der Waals surface area contributed by atoms with Gasteiger partial charge in [-0.05, 0) is 6.42 Å². The Morgan fingerprint density at radius 3 is 2.72 bits per heavy atom. The lowest BCUT2D eigenvalue weighted by Crippen LogP contribution is -2.36. The number of nitrogens with two attached hydrogens (primary N) is 2. The number of amides is 1. The summed E-state index contributed by atoms with van der Waals surface area (Å²) in [5, 5.41) is 3.99. The number of likely N-dealkylation sites (N-methyl/N-ethyl adjacent to an activating group) is 1. The standard InChI is InChI=1S/C11H19N5O2/c1-3-9(11(13)18)16-10(17)6-8(7-14-16)15(2)5-4-12/h6-7,9H,3-5,12H2,1-2H3,(H2,13,18). The summed E-state index contributed by atoms with van der Waals surface area (Å²) in [6.45, 7) is 2.88. The van der Waals surface area contributed by atoms with E-state index in [1.165, 1.54) is 12.3 Å². The molecule has 0 spiro atoms. The Bertz CT molecular complexity index is 471. The summed E-state index contributed by atoms with van der Waals surface area (Å²) in [5.41, 5.74) is 11.0. The summed E-state index contributed by atoms with van der Waals surface area (Å²) in [5.74, 6) is -0.560. The molecule has 0 bridgehead atoms. The van der Waals surface area contributed by atoms with Crippen LogP contribution in [0.25, 0.3) is 0 Å². The van der Waals surface area contributed by atoms with Crippen molar-refractivity contribution in [3.63, 3.8) is 0 Å². The van der Waals surface area contributed by atoms with E-state index in [9.17, 15) is 9.59 Å². The van der Waals surface area contributed by atoms with Crippen molar-refractivity contribution >= 4 is 11.6 Å². The third kappa shape index (κ3) is 3.07. The van der Waals surface area contributed by atoms with E-state index in [0.717, 1.165) is 4.68 Å². The highest BCUT2D eigenvalue weighted by Gasteiger charge is 2.17. The SMILES string of the molecule is CCC(C(N)=O)n1ncc(N(C)CCN)cc1=O. The zero-order valence-electron chi connectivity index (χ0n) is 10.7. The highest BCUT2D eigenvalue weighted by Crippen LogP contribution is 2.10. The number of carbonyl (C=O) groups excluding carboxylic acids is 1. The van der Waals surface area contributed by atoms with Crippen LogP contribution in [0.2, 0.25) is 0 Å². The molecule has 1 heterocycles. The molecule has 1 atom stereocenters. The fourth-order valence-electron chi connectivity index (χ4n) is 1.67. The Morgan fingerprint density at radius 1 is 1.61 bits per heavy atom. The summed E-state index contributed by atoms with van der Waals surface area (Å²) >= 11 is 0. The van der Waals surface area contributed by atoms with Crippen LogP contribution in [0.1, 0.15) is 19.4 Å². The zero-order valence-corrected chi connectivity index (χ0v) is 10.7. The molecule has 100 valence electrons. The lowest BCUT2D eigenvalue weighted by molar-refractivity contribution is -0.121. The van der Waals surface area contributed by atoms with E-state index in [1.54, 1.807) is 6.92 Å². The van der Waals surface area contributed by atoms with Crippen LogP contribution in [0.3, 0.4) is 0 Å². The largest absolute Gasteiger partial charge is 0.372 e. The van der Waals surface area contributed by atoms with Gasteiger partial charge >= 0.3 is 0 Å². The molecule has 4 N–H and O–H groups in total. The van der Waals surface area contributed by atoms with Gasteiger partial charge in [0.2, 0.25) is 5.91 Å². The van der Waals surface area contributed by atoms with E-state index < -0.39 is 11.9 Å². The summed E-state index contributed by atoms with van der Waals surface area (Å²) < 4.78 is 1.11. The summed E-state index contributed by atoms with van der Waals surface area (Å²) in [7, 11) is 1.82. The fourth-order valence-corrected chi connectivity index (χ4v) is 1.67. The van der Waals surface area contributed by atoms with Crippen LogP contribution in [-0.4, -0.2) is 35.8 Å². The first kappa shape index (κ1) is 14.2. The van der Waals surface area contributed by atoms with Crippen molar-refractivity contribution in [3.05, 3.63) is 22.6 Å². The van der Waals surface area contributed by atoms with Crippen molar-refractivity contribution in [1.29, 1.82) is 0 Å². The molecule has 1 aromatic rings. The van der Waals surface area contributed by atoms with Crippen molar-refractivity contribution in [1.82, 2.24) is 9.78 Å². The highest BCUT2D eigenvalue weighted by atomic mass is 16.2. The molecular weight excluding hydrogens is 234 g/mol. The van der Waals surface area contributed by atoms with Gasteiger partial charge in [0.1, 0.15) is 6.04 Å². The zero-order chi connectivity index (χ0) is 13.7. The van der Waals surface area contributed by atoms with Gasteiger partial charge in [-0.3, -0.25) is 9.59 Å². The number of rotatable bonds is 6. The van der Waals surface area contributed by atoms with E-state index in [2.05, 4.69) is 5.10 Å². The molecular formula is C11H19N5O2. The Morgan fingerprint density at radius 2 is 2.28 bits per heavy atom. The Balaban J connectivity index is 3.06. The van der Waals surface area contributed by atoms with Gasteiger partial charge in [-0.1, -0.05) is 6.92 Å². The molecule has 1 amide bonds. The quantitative estimate of drug-likeness (QED) is 0.681. The highest BCUT2D eigenvalue weighted by molar-refractivity contribution is 5.78. The minimum absolute atomic E-state index is 0.345. The third-order valence-electron chi connectivity index (χ3n) is 2.73. The van der Waals surface area contributed by atoms with Crippen LogP contribution >= 0.6 is 0 Å². The van der Waals surface area contributed by atoms with Gasteiger partial charge in [-0.15, -0.1) is 0 Å². The lowest BCUT2D eigenvalue weighted by Gasteiger charge is -2.19. The van der Waals surface area contributed by atoms with E-state index in [1.807, 2.05) is 11.9 Å². The normalized spacial score (nSPS) is 12.2. The molecule has 7 nitrogen and oxygen atoms in total. The van der Waals surface area contributed by atoms with E-state index >= 15 is 0 Å². The Labute approximate surface area is 105 Å². The smallest absolute Gasteiger partial charge is 0.269 e. The van der Waals surface area contributed by atoms with E-state index in [0.29, 0.717) is 25.2 Å². The molecule has 0 saturated carbocycles. The van der Waals surface area contributed by atoms with Crippen LogP contribution in [0.5, 0.6) is 0 Å². The molecule has 0 fully saturated rings. The van der Waals surface area contributed by atoms with Gasteiger partial charge in [0.15, 0.2) is 0 Å². The number of primary amides is 1.